The number of thiazole rings is 1. The van der Waals surface area contributed by atoms with Gasteiger partial charge in [0.25, 0.3) is 0 Å². The highest BCUT2D eigenvalue weighted by Gasteiger charge is 2.18. The third-order valence-electron chi connectivity index (χ3n) is 3.97. The Hall–Kier alpha value is -1.92. The molecule has 1 fully saturated rings. The number of benzene rings is 1. The van der Waals surface area contributed by atoms with E-state index < -0.39 is 0 Å². The predicted octanol–water partition coefficient (Wildman–Crippen LogP) is 2.11. The molecule has 0 saturated carbocycles. The number of rotatable bonds is 3. The van der Waals surface area contributed by atoms with Crippen molar-refractivity contribution >= 4 is 22.0 Å². The molecule has 1 aliphatic rings. The van der Waals surface area contributed by atoms with Gasteiger partial charge < -0.3 is 4.90 Å². The van der Waals surface area contributed by atoms with Gasteiger partial charge in [-0.05, 0) is 12.1 Å². The summed E-state index contributed by atoms with van der Waals surface area (Å²) in [6.07, 6.45) is 1.63. The number of aromatic nitrogens is 3. The Morgan fingerprint density at radius 1 is 1.05 bits per heavy atom. The summed E-state index contributed by atoms with van der Waals surface area (Å²) in [7, 11) is 0. The van der Waals surface area contributed by atoms with Crippen LogP contribution < -0.4 is 4.90 Å². The number of anilines is 1. The molecule has 1 aromatic carbocycles. The van der Waals surface area contributed by atoms with E-state index in [1.807, 2.05) is 4.52 Å². The summed E-state index contributed by atoms with van der Waals surface area (Å²) in [6, 6.07) is 10.7. The first-order valence-corrected chi connectivity index (χ1v) is 8.06. The number of para-hydroxylation sites is 1. The molecule has 0 bridgehead atoms. The molecule has 0 unspecified atom stereocenters. The van der Waals surface area contributed by atoms with Crippen molar-refractivity contribution in [3.05, 3.63) is 47.7 Å². The number of nitrogens with zero attached hydrogens (tertiary/aromatic N) is 5. The lowest BCUT2D eigenvalue weighted by atomic mass is 10.2. The van der Waals surface area contributed by atoms with Crippen LogP contribution in [0, 0.1) is 0 Å². The summed E-state index contributed by atoms with van der Waals surface area (Å²) in [5.41, 5.74) is 2.56. The van der Waals surface area contributed by atoms with Crippen LogP contribution in [0.15, 0.2) is 42.0 Å². The van der Waals surface area contributed by atoms with Crippen LogP contribution in [0.4, 0.5) is 5.69 Å². The summed E-state index contributed by atoms with van der Waals surface area (Å²) in [5, 5.41) is 6.45. The van der Waals surface area contributed by atoms with Crippen LogP contribution >= 0.6 is 11.3 Å². The zero-order valence-corrected chi connectivity index (χ0v) is 12.5. The molecule has 2 aromatic heterocycles. The van der Waals surface area contributed by atoms with Gasteiger partial charge in [0.15, 0.2) is 0 Å². The van der Waals surface area contributed by atoms with Crippen LogP contribution in [0.1, 0.15) is 5.69 Å². The fourth-order valence-corrected chi connectivity index (χ4v) is 3.60. The van der Waals surface area contributed by atoms with Gasteiger partial charge >= 0.3 is 0 Å². The molecule has 6 heteroatoms. The second kappa shape index (κ2) is 5.46. The third-order valence-corrected chi connectivity index (χ3v) is 4.85. The molecular weight excluding hydrogens is 282 g/mol. The Balaban J connectivity index is 1.40. The second-order valence-electron chi connectivity index (χ2n) is 5.28. The molecule has 21 heavy (non-hydrogen) atoms. The maximum atomic E-state index is 4.29. The van der Waals surface area contributed by atoms with Crippen LogP contribution in [0.25, 0.3) is 4.96 Å². The standard InChI is InChI=1S/C15H17N5S/c1-2-4-13(5-3-1)19-8-6-18(7-9-19)10-14-11-21-15-16-12-17-20(14)15/h1-5,11-12H,6-10H2. The van der Waals surface area contributed by atoms with Crippen molar-refractivity contribution in [2.45, 2.75) is 6.54 Å². The van der Waals surface area contributed by atoms with Crippen LogP contribution in [-0.4, -0.2) is 45.7 Å². The topological polar surface area (TPSA) is 36.7 Å². The molecule has 0 amide bonds. The molecular formula is C15H17N5S. The third kappa shape index (κ3) is 2.52. The minimum Gasteiger partial charge on any atom is -0.369 e. The molecule has 0 spiro atoms. The smallest absolute Gasteiger partial charge is 0.212 e. The molecule has 5 nitrogen and oxygen atoms in total. The van der Waals surface area contributed by atoms with Crippen molar-refractivity contribution in [2.24, 2.45) is 0 Å². The largest absolute Gasteiger partial charge is 0.369 e. The van der Waals surface area contributed by atoms with Gasteiger partial charge in [-0.2, -0.15) is 5.10 Å². The zero-order valence-electron chi connectivity index (χ0n) is 11.7. The van der Waals surface area contributed by atoms with E-state index in [0.29, 0.717) is 0 Å². The Bertz CT molecular complexity index is 712. The first kappa shape index (κ1) is 12.8. The van der Waals surface area contributed by atoms with E-state index in [2.05, 4.69) is 55.6 Å². The average Bonchev–Trinajstić information content (AvgIpc) is 3.14. The monoisotopic (exact) mass is 299 g/mol. The molecule has 3 heterocycles. The SMILES string of the molecule is c1ccc(N2CCN(Cc3csc4ncnn34)CC2)cc1. The molecule has 3 aromatic rings. The summed E-state index contributed by atoms with van der Waals surface area (Å²) in [4.78, 5) is 10.1. The van der Waals surface area contributed by atoms with E-state index in [9.17, 15) is 0 Å². The van der Waals surface area contributed by atoms with Crippen molar-refractivity contribution in [1.82, 2.24) is 19.5 Å². The highest BCUT2D eigenvalue weighted by Crippen LogP contribution is 2.18. The molecule has 0 atom stereocenters. The maximum absolute atomic E-state index is 4.29. The Morgan fingerprint density at radius 2 is 1.86 bits per heavy atom. The molecule has 4 rings (SSSR count). The molecule has 0 N–H and O–H groups in total. The molecule has 0 aliphatic carbocycles. The summed E-state index contributed by atoms with van der Waals surface area (Å²) in [6.45, 7) is 5.27. The van der Waals surface area contributed by atoms with Gasteiger partial charge in [0.2, 0.25) is 4.96 Å². The summed E-state index contributed by atoms with van der Waals surface area (Å²) in [5.74, 6) is 0. The Labute approximate surface area is 127 Å². The maximum Gasteiger partial charge on any atom is 0.212 e. The van der Waals surface area contributed by atoms with Gasteiger partial charge in [0, 0.05) is 43.8 Å². The lowest BCUT2D eigenvalue weighted by molar-refractivity contribution is 0.246. The highest BCUT2D eigenvalue weighted by molar-refractivity contribution is 7.15. The van der Waals surface area contributed by atoms with Crippen LogP contribution in [-0.2, 0) is 6.54 Å². The van der Waals surface area contributed by atoms with Crippen LogP contribution in [0.3, 0.4) is 0 Å². The van der Waals surface area contributed by atoms with Crippen molar-refractivity contribution in [2.75, 3.05) is 31.1 Å². The number of fused-ring (bicyclic) bond motifs is 1. The van der Waals surface area contributed by atoms with Crippen molar-refractivity contribution in [3.63, 3.8) is 0 Å². The Morgan fingerprint density at radius 3 is 2.67 bits per heavy atom. The molecule has 1 aliphatic heterocycles. The van der Waals surface area contributed by atoms with Gasteiger partial charge in [0.1, 0.15) is 6.33 Å². The van der Waals surface area contributed by atoms with Gasteiger partial charge in [-0.15, -0.1) is 11.3 Å². The van der Waals surface area contributed by atoms with Gasteiger partial charge in [0.05, 0.1) is 5.69 Å². The minimum atomic E-state index is 0.950. The van der Waals surface area contributed by atoms with Crippen LogP contribution in [0.5, 0.6) is 0 Å². The van der Waals surface area contributed by atoms with Crippen LogP contribution in [0.2, 0.25) is 0 Å². The van der Waals surface area contributed by atoms with Gasteiger partial charge in [-0.25, -0.2) is 9.50 Å². The zero-order chi connectivity index (χ0) is 14.1. The Kier molecular flexibility index (Phi) is 3.33. The summed E-state index contributed by atoms with van der Waals surface area (Å²) >= 11 is 1.66. The van der Waals surface area contributed by atoms with Crippen molar-refractivity contribution < 1.29 is 0 Å². The number of hydrogen-bond donors (Lipinski definition) is 0. The van der Waals surface area contributed by atoms with E-state index in [1.165, 1.54) is 11.4 Å². The first-order chi connectivity index (χ1) is 10.4. The fraction of sp³-hybridized carbons (Fsp3) is 0.333. The van der Waals surface area contributed by atoms with E-state index in [0.717, 1.165) is 37.7 Å². The molecule has 0 radical (unpaired) electrons. The second-order valence-corrected chi connectivity index (χ2v) is 6.12. The lowest BCUT2D eigenvalue weighted by Crippen LogP contribution is -2.46. The number of piperazine rings is 1. The van der Waals surface area contributed by atoms with Crippen molar-refractivity contribution in [1.29, 1.82) is 0 Å². The predicted molar refractivity (Wildman–Crippen MR) is 84.8 cm³/mol. The lowest BCUT2D eigenvalue weighted by Gasteiger charge is -2.35. The molecule has 1 saturated heterocycles. The highest BCUT2D eigenvalue weighted by atomic mass is 32.1. The van der Waals surface area contributed by atoms with E-state index in [-0.39, 0.29) is 0 Å². The number of hydrogen-bond acceptors (Lipinski definition) is 5. The van der Waals surface area contributed by atoms with Gasteiger partial charge in [-0.3, -0.25) is 4.90 Å². The van der Waals surface area contributed by atoms with E-state index in [4.69, 9.17) is 0 Å². The quantitative estimate of drug-likeness (QED) is 0.742. The first-order valence-electron chi connectivity index (χ1n) is 7.18. The normalized spacial score (nSPS) is 16.7. The minimum absolute atomic E-state index is 0.950. The van der Waals surface area contributed by atoms with E-state index >= 15 is 0 Å². The average molecular weight is 299 g/mol. The van der Waals surface area contributed by atoms with Gasteiger partial charge in [-0.1, -0.05) is 18.2 Å². The van der Waals surface area contributed by atoms with Crippen molar-refractivity contribution in [3.8, 4) is 0 Å². The summed E-state index contributed by atoms with van der Waals surface area (Å²) < 4.78 is 1.95. The van der Waals surface area contributed by atoms with E-state index in [1.54, 1.807) is 17.7 Å². The fourth-order valence-electron chi connectivity index (χ4n) is 2.82. The molecule has 108 valence electrons.